The van der Waals surface area contributed by atoms with Gasteiger partial charge < -0.3 is 10.5 Å². The number of halogens is 1. The molecule has 0 saturated carbocycles. The lowest BCUT2D eigenvalue weighted by atomic mass is 9.99. The third-order valence-corrected chi connectivity index (χ3v) is 3.76. The van der Waals surface area contributed by atoms with Crippen molar-refractivity contribution in [1.82, 2.24) is 10.4 Å². The zero-order valence-electron chi connectivity index (χ0n) is 11.1. The molecule has 1 aromatic carbocycles. The molecule has 2 aromatic rings. The number of pyridine rings is 1. The fourth-order valence-corrected chi connectivity index (χ4v) is 2.56. The van der Waals surface area contributed by atoms with Crippen molar-refractivity contribution < 1.29 is 4.74 Å². The van der Waals surface area contributed by atoms with Gasteiger partial charge in [0.2, 0.25) is 0 Å². The summed E-state index contributed by atoms with van der Waals surface area (Å²) >= 11 is 3.47. The minimum atomic E-state index is -0.0521. The summed E-state index contributed by atoms with van der Waals surface area (Å²) in [5.74, 6) is 6.45. The summed E-state index contributed by atoms with van der Waals surface area (Å²) in [6, 6.07) is 7.59. The number of hydrogen-bond acceptors (Lipinski definition) is 5. The Bertz CT molecular complexity index is 591. The van der Waals surface area contributed by atoms with Gasteiger partial charge in [0.05, 0.1) is 17.6 Å². The predicted molar refractivity (Wildman–Crippen MR) is 83.1 cm³/mol. The number of nitrogens with two attached hydrogens (primary N) is 2. The Morgan fingerprint density at radius 3 is 2.80 bits per heavy atom. The maximum atomic E-state index is 5.94. The van der Waals surface area contributed by atoms with Crippen molar-refractivity contribution in [3.63, 3.8) is 0 Å². The first kappa shape index (κ1) is 14.8. The zero-order chi connectivity index (χ0) is 14.5. The summed E-state index contributed by atoms with van der Waals surface area (Å²) in [7, 11) is 1.63. The van der Waals surface area contributed by atoms with Crippen LogP contribution in [-0.4, -0.2) is 12.1 Å². The van der Waals surface area contributed by atoms with Gasteiger partial charge in [-0.3, -0.25) is 16.3 Å². The molecular formula is C14H17BrN4O. The molecule has 0 aliphatic heterocycles. The highest BCUT2D eigenvalue weighted by Crippen LogP contribution is 2.29. The highest BCUT2D eigenvalue weighted by atomic mass is 79.9. The summed E-state index contributed by atoms with van der Waals surface area (Å²) in [6.07, 6.45) is 4.10. The first-order valence-corrected chi connectivity index (χ1v) is 6.93. The fourth-order valence-electron chi connectivity index (χ4n) is 2.00. The Morgan fingerprint density at radius 1 is 1.40 bits per heavy atom. The highest BCUT2D eigenvalue weighted by molar-refractivity contribution is 9.10. The SMILES string of the molecule is COc1ccc(C(Cc2cnccc2N)NN)cc1Br. The van der Waals surface area contributed by atoms with Crippen LogP contribution in [0.4, 0.5) is 5.69 Å². The molecular weight excluding hydrogens is 320 g/mol. The van der Waals surface area contributed by atoms with E-state index in [2.05, 4.69) is 26.3 Å². The Balaban J connectivity index is 2.24. The van der Waals surface area contributed by atoms with Gasteiger partial charge in [-0.1, -0.05) is 6.07 Å². The Hall–Kier alpha value is -1.63. The third kappa shape index (κ3) is 3.27. The molecule has 1 heterocycles. The highest BCUT2D eigenvalue weighted by Gasteiger charge is 2.14. The molecule has 1 atom stereocenters. The number of hydrazine groups is 1. The maximum absolute atomic E-state index is 5.94. The number of aromatic nitrogens is 1. The molecule has 106 valence electrons. The smallest absolute Gasteiger partial charge is 0.133 e. The topological polar surface area (TPSA) is 86.2 Å². The van der Waals surface area contributed by atoms with Gasteiger partial charge >= 0.3 is 0 Å². The van der Waals surface area contributed by atoms with Crippen molar-refractivity contribution in [2.75, 3.05) is 12.8 Å². The van der Waals surface area contributed by atoms with E-state index < -0.39 is 0 Å². The third-order valence-electron chi connectivity index (χ3n) is 3.14. The van der Waals surface area contributed by atoms with E-state index in [1.165, 1.54) is 0 Å². The van der Waals surface area contributed by atoms with E-state index in [-0.39, 0.29) is 6.04 Å². The fraction of sp³-hybridized carbons (Fsp3) is 0.214. The second-order valence-electron chi connectivity index (χ2n) is 4.39. The van der Waals surface area contributed by atoms with E-state index in [0.29, 0.717) is 12.1 Å². The molecule has 5 nitrogen and oxygen atoms in total. The van der Waals surface area contributed by atoms with E-state index in [4.69, 9.17) is 16.3 Å². The number of benzene rings is 1. The van der Waals surface area contributed by atoms with Gasteiger partial charge in [-0.2, -0.15) is 0 Å². The molecule has 6 heteroatoms. The van der Waals surface area contributed by atoms with E-state index in [1.807, 2.05) is 18.2 Å². The lowest BCUT2D eigenvalue weighted by Gasteiger charge is -2.18. The number of rotatable bonds is 5. The summed E-state index contributed by atoms with van der Waals surface area (Å²) in [5, 5.41) is 0. The minimum absolute atomic E-state index is 0.0521. The molecule has 0 amide bonds. The van der Waals surface area contributed by atoms with Crippen LogP contribution in [0.15, 0.2) is 41.1 Å². The van der Waals surface area contributed by atoms with Crippen LogP contribution in [0.5, 0.6) is 5.75 Å². The van der Waals surface area contributed by atoms with E-state index >= 15 is 0 Å². The van der Waals surface area contributed by atoms with Gasteiger partial charge in [0, 0.05) is 18.1 Å². The molecule has 1 unspecified atom stereocenters. The summed E-state index contributed by atoms with van der Waals surface area (Å²) < 4.78 is 6.11. The van der Waals surface area contributed by atoms with Crippen molar-refractivity contribution in [3.8, 4) is 5.75 Å². The Kier molecular flexibility index (Phi) is 4.94. The van der Waals surface area contributed by atoms with Crippen LogP contribution in [0.2, 0.25) is 0 Å². The van der Waals surface area contributed by atoms with Gasteiger partial charge in [0.25, 0.3) is 0 Å². The molecule has 5 N–H and O–H groups in total. The number of nitrogen functional groups attached to an aromatic ring is 1. The van der Waals surface area contributed by atoms with Crippen LogP contribution in [-0.2, 0) is 6.42 Å². The monoisotopic (exact) mass is 336 g/mol. The largest absolute Gasteiger partial charge is 0.496 e. The molecule has 0 fully saturated rings. The predicted octanol–water partition coefficient (Wildman–Crippen LogP) is 2.18. The average Bonchev–Trinajstić information content (AvgIpc) is 2.46. The van der Waals surface area contributed by atoms with Crippen LogP contribution >= 0.6 is 15.9 Å². The zero-order valence-corrected chi connectivity index (χ0v) is 12.7. The van der Waals surface area contributed by atoms with Gasteiger partial charge in [-0.15, -0.1) is 0 Å². The van der Waals surface area contributed by atoms with Gasteiger partial charge in [0.15, 0.2) is 0 Å². The Labute approximate surface area is 126 Å². The second-order valence-corrected chi connectivity index (χ2v) is 5.25. The van der Waals surface area contributed by atoms with Crippen molar-refractivity contribution in [2.45, 2.75) is 12.5 Å². The maximum Gasteiger partial charge on any atom is 0.133 e. The molecule has 1 aromatic heterocycles. The summed E-state index contributed by atoms with van der Waals surface area (Å²) in [6.45, 7) is 0. The van der Waals surface area contributed by atoms with Crippen molar-refractivity contribution >= 4 is 21.6 Å². The molecule has 0 radical (unpaired) electrons. The van der Waals surface area contributed by atoms with Crippen LogP contribution in [0.25, 0.3) is 0 Å². The lowest BCUT2D eigenvalue weighted by molar-refractivity contribution is 0.411. The number of methoxy groups -OCH3 is 1. The van der Waals surface area contributed by atoms with E-state index in [1.54, 1.807) is 25.6 Å². The normalized spacial score (nSPS) is 12.2. The molecule has 0 bridgehead atoms. The number of ether oxygens (including phenoxy) is 1. The standard InChI is InChI=1S/C14H17BrN4O/c1-20-14-3-2-9(6-11(14)15)13(19-17)7-10-8-18-5-4-12(10)16/h2-6,8,13,19H,7,17H2,1H3,(H2,16,18). The molecule has 2 rings (SSSR count). The van der Waals surface area contributed by atoms with Crippen molar-refractivity contribution in [3.05, 3.63) is 52.3 Å². The summed E-state index contributed by atoms with van der Waals surface area (Å²) in [4.78, 5) is 4.09. The van der Waals surface area contributed by atoms with E-state index in [0.717, 1.165) is 21.3 Å². The molecule has 0 saturated heterocycles. The van der Waals surface area contributed by atoms with Crippen LogP contribution in [0.1, 0.15) is 17.2 Å². The first-order valence-electron chi connectivity index (χ1n) is 6.13. The number of hydrogen-bond donors (Lipinski definition) is 3. The molecule has 0 aliphatic carbocycles. The first-order chi connectivity index (χ1) is 9.65. The van der Waals surface area contributed by atoms with Gasteiger partial charge in [-0.05, 0) is 51.7 Å². The second kappa shape index (κ2) is 6.69. The van der Waals surface area contributed by atoms with Crippen molar-refractivity contribution in [1.29, 1.82) is 0 Å². The number of nitrogens with one attached hydrogen (secondary N) is 1. The average molecular weight is 337 g/mol. The van der Waals surface area contributed by atoms with Gasteiger partial charge in [-0.25, -0.2) is 0 Å². The lowest BCUT2D eigenvalue weighted by Crippen LogP contribution is -2.29. The minimum Gasteiger partial charge on any atom is -0.496 e. The number of anilines is 1. The molecule has 20 heavy (non-hydrogen) atoms. The van der Waals surface area contributed by atoms with Crippen LogP contribution in [0.3, 0.4) is 0 Å². The van der Waals surface area contributed by atoms with Crippen molar-refractivity contribution in [2.24, 2.45) is 5.84 Å². The quantitative estimate of drug-likeness (QED) is 0.575. The number of nitrogens with zero attached hydrogens (tertiary/aromatic N) is 1. The molecule has 0 spiro atoms. The molecule has 0 aliphatic rings. The van der Waals surface area contributed by atoms with Crippen LogP contribution in [0, 0.1) is 0 Å². The van der Waals surface area contributed by atoms with Gasteiger partial charge in [0.1, 0.15) is 5.75 Å². The van der Waals surface area contributed by atoms with E-state index in [9.17, 15) is 0 Å². The Morgan fingerprint density at radius 2 is 2.20 bits per heavy atom. The summed E-state index contributed by atoms with van der Waals surface area (Å²) in [5.41, 5.74) is 11.5. The van der Waals surface area contributed by atoms with Crippen LogP contribution < -0.4 is 21.7 Å².